The molecule has 5 heteroatoms. The number of amides is 2. The van der Waals surface area contributed by atoms with Gasteiger partial charge in [0.25, 0.3) is 0 Å². The second-order valence-corrected chi connectivity index (χ2v) is 6.92. The molecule has 2 rings (SSSR count). The lowest BCUT2D eigenvalue weighted by Gasteiger charge is -2.49. The first-order chi connectivity index (χ1) is 9.93. The summed E-state index contributed by atoms with van der Waals surface area (Å²) < 4.78 is 0. The Hall–Kier alpha value is -1.10. The molecule has 1 N–H and O–H groups in total. The zero-order valence-corrected chi connectivity index (χ0v) is 13.8. The molecule has 2 amide bonds. The largest absolute Gasteiger partial charge is 0.337 e. The van der Waals surface area contributed by atoms with E-state index in [9.17, 15) is 9.59 Å². The van der Waals surface area contributed by atoms with Crippen LogP contribution in [0.15, 0.2) is 0 Å². The van der Waals surface area contributed by atoms with Crippen molar-refractivity contribution in [2.75, 3.05) is 19.6 Å². The van der Waals surface area contributed by atoms with Crippen LogP contribution in [0.5, 0.6) is 0 Å². The quantitative estimate of drug-likeness (QED) is 0.835. The van der Waals surface area contributed by atoms with E-state index in [0.29, 0.717) is 24.8 Å². The van der Waals surface area contributed by atoms with Crippen molar-refractivity contribution in [3.05, 3.63) is 0 Å². The van der Waals surface area contributed by atoms with Crippen LogP contribution in [-0.4, -0.2) is 53.5 Å². The summed E-state index contributed by atoms with van der Waals surface area (Å²) >= 11 is 0. The second-order valence-electron chi connectivity index (χ2n) is 6.92. The molecule has 0 bridgehead atoms. The molecule has 0 aromatic rings. The number of rotatable bonds is 5. The zero-order valence-electron chi connectivity index (χ0n) is 13.8. The van der Waals surface area contributed by atoms with Crippen molar-refractivity contribution < 1.29 is 9.59 Å². The molecule has 0 aromatic heterocycles. The highest BCUT2D eigenvalue weighted by molar-refractivity contribution is 5.89. The Morgan fingerprint density at radius 1 is 1.29 bits per heavy atom. The van der Waals surface area contributed by atoms with Gasteiger partial charge in [-0.1, -0.05) is 34.1 Å². The van der Waals surface area contributed by atoms with Crippen LogP contribution >= 0.6 is 0 Å². The summed E-state index contributed by atoms with van der Waals surface area (Å²) in [5, 5.41) is 3.41. The highest BCUT2D eigenvalue weighted by atomic mass is 16.2. The van der Waals surface area contributed by atoms with Gasteiger partial charge in [0.05, 0.1) is 6.54 Å². The van der Waals surface area contributed by atoms with Crippen molar-refractivity contribution in [2.24, 2.45) is 11.8 Å². The van der Waals surface area contributed by atoms with E-state index >= 15 is 0 Å². The van der Waals surface area contributed by atoms with Gasteiger partial charge in [-0.05, 0) is 18.3 Å². The molecule has 2 fully saturated rings. The average Bonchev–Trinajstić information content (AvgIpc) is 2.42. The fraction of sp³-hybridized carbons (Fsp3) is 0.875. The molecular formula is C16H29N3O2. The molecule has 2 aliphatic rings. The summed E-state index contributed by atoms with van der Waals surface area (Å²) in [5.74, 6) is 1.16. The maximum absolute atomic E-state index is 12.8. The number of nitrogens with zero attached hydrogens (tertiary/aromatic N) is 2. The Labute approximate surface area is 128 Å². The number of carbonyl (C=O) groups excluding carboxylic acids is 2. The molecule has 21 heavy (non-hydrogen) atoms. The van der Waals surface area contributed by atoms with E-state index in [0.717, 1.165) is 25.9 Å². The first kappa shape index (κ1) is 16.3. The van der Waals surface area contributed by atoms with Crippen LogP contribution in [0, 0.1) is 11.8 Å². The molecule has 5 nitrogen and oxygen atoms in total. The van der Waals surface area contributed by atoms with E-state index in [4.69, 9.17) is 0 Å². The van der Waals surface area contributed by atoms with E-state index in [1.165, 1.54) is 0 Å². The Morgan fingerprint density at radius 2 is 2.00 bits per heavy atom. The number of carbonyl (C=O) groups is 2. The fourth-order valence-corrected chi connectivity index (χ4v) is 3.25. The predicted octanol–water partition coefficient (Wildman–Crippen LogP) is 1.44. The van der Waals surface area contributed by atoms with Gasteiger partial charge in [0, 0.05) is 19.5 Å². The van der Waals surface area contributed by atoms with E-state index in [1.54, 1.807) is 0 Å². The number of piperazine rings is 1. The monoisotopic (exact) mass is 295 g/mol. The van der Waals surface area contributed by atoms with Crippen molar-refractivity contribution in [3.63, 3.8) is 0 Å². The summed E-state index contributed by atoms with van der Waals surface area (Å²) in [4.78, 5) is 28.9. The van der Waals surface area contributed by atoms with Crippen LogP contribution in [0.4, 0.5) is 0 Å². The van der Waals surface area contributed by atoms with Gasteiger partial charge in [0.15, 0.2) is 0 Å². The molecule has 3 atom stereocenters. The first-order valence-corrected chi connectivity index (χ1v) is 8.27. The SMILES string of the molecule is CCC(C)CN1CC2NCCC(=O)N2C(CC(C)C)C1=O. The fourth-order valence-electron chi connectivity index (χ4n) is 3.25. The van der Waals surface area contributed by atoms with Crippen molar-refractivity contribution in [3.8, 4) is 0 Å². The number of hydrogen-bond acceptors (Lipinski definition) is 3. The van der Waals surface area contributed by atoms with Crippen molar-refractivity contribution in [1.82, 2.24) is 15.1 Å². The molecule has 120 valence electrons. The molecule has 0 aromatic carbocycles. The zero-order chi connectivity index (χ0) is 15.6. The average molecular weight is 295 g/mol. The van der Waals surface area contributed by atoms with Gasteiger partial charge in [-0.3, -0.25) is 14.9 Å². The Bertz CT molecular complexity index is 397. The standard InChI is InChI=1S/C16H29N3O2/c1-5-12(4)9-18-10-14-17-7-6-15(20)19(14)13(16(18)21)8-11(2)3/h11-14,17H,5-10H2,1-4H3. The van der Waals surface area contributed by atoms with E-state index in [1.807, 2.05) is 9.80 Å². The van der Waals surface area contributed by atoms with Crippen molar-refractivity contribution in [1.29, 1.82) is 0 Å². The van der Waals surface area contributed by atoms with Gasteiger partial charge < -0.3 is 9.80 Å². The molecule has 0 saturated carbocycles. The van der Waals surface area contributed by atoms with Crippen LogP contribution in [0.2, 0.25) is 0 Å². The minimum atomic E-state index is -0.284. The molecule has 0 radical (unpaired) electrons. The minimum absolute atomic E-state index is 0.00300. The smallest absolute Gasteiger partial charge is 0.245 e. The lowest BCUT2D eigenvalue weighted by Crippen LogP contribution is -2.70. The number of hydrogen-bond donors (Lipinski definition) is 1. The van der Waals surface area contributed by atoms with Crippen LogP contribution in [0.1, 0.15) is 47.0 Å². The van der Waals surface area contributed by atoms with Gasteiger partial charge in [0.2, 0.25) is 11.8 Å². The number of nitrogens with one attached hydrogen (secondary N) is 1. The van der Waals surface area contributed by atoms with Gasteiger partial charge >= 0.3 is 0 Å². The van der Waals surface area contributed by atoms with Gasteiger partial charge in [-0.15, -0.1) is 0 Å². The van der Waals surface area contributed by atoms with Crippen LogP contribution in [-0.2, 0) is 9.59 Å². The molecule has 0 spiro atoms. The van der Waals surface area contributed by atoms with Gasteiger partial charge in [-0.25, -0.2) is 0 Å². The summed E-state index contributed by atoms with van der Waals surface area (Å²) in [6.45, 7) is 10.7. The van der Waals surface area contributed by atoms with Crippen LogP contribution < -0.4 is 5.32 Å². The summed E-state index contributed by atoms with van der Waals surface area (Å²) in [6.07, 6.45) is 2.32. The van der Waals surface area contributed by atoms with E-state index in [2.05, 4.69) is 33.0 Å². The molecule has 2 saturated heterocycles. The second kappa shape index (κ2) is 6.77. The maximum atomic E-state index is 12.8. The highest BCUT2D eigenvalue weighted by Crippen LogP contribution is 2.25. The van der Waals surface area contributed by atoms with E-state index in [-0.39, 0.29) is 24.0 Å². The third kappa shape index (κ3) is 3.57. The molecular weight excluding hydrogens is 266 g/mol. The number of fused-ring (bicyclic) bond motifs is 1. The topological polar surface area (TPSA) is 52.7 Å². The van der Waals surface area contributed by atoms with Gasteiger partial charge in [-0.2, -0.15) is 0 Å². The summed E-state index contributed by atoms with van der Waals surface area (Å²) in [6, 6.07) is -0.284. The third-order valence-electron chi connectivity index (χ3n) is 4.59. The summed E-state index contributed by atoms with van der Waals surface area (Å²) in [7, 11) is 0. The molecule has 3 unspecified atom stereocenters. The Balaban J connectivity index is 2.19. The first-order valence-electron chi connectivity index (χ1n) is 8.27. The molecule has 2 aliphatic heterocycles. The van der Waals surface area contributed by atoms with Crippen LogP contribution in [0.3, 0.4) is 0 Å². The minimum Gasteiger partial charge on any atom is -0.337 e. The van der Waals surface area contributed by atoms with Crippen LogP contribution in [0.25, 0.3) is 0 Å². The highest BCUT2D eigenvalue weighted by Gasteiger charge is 2.44. The summed E-state index contributed by atoms with van der Waals surface area (Å²) in [5.41, 5.74) is 0. The lowest BCUT2D eigenvalue weighted by atomic mass is 9.95. The Kier molecular flexibility index (Phi) is 5.25. The molecule has 2 heterocycles. The predicted molar refractivity (Wildman–Crippen MR) is 82.5 cm³/mol. The van der Waals surface area contributed by atoms with Crippen molar-refractivity contribution in [2.45, 2.75) is 59.2 Å². The molecule has 0 aliphatic carbocycles. The van der Waals surface area contributed by atoms with Gasteiger partial charge in [0.1, 0.15) is 12.2 Å². The third-order valence-corrected chi connectivity index (χ3v) is 4.59. The lowest BCUT2D eigenvalue weighted by molar-refractivity contribution is -0.161. The van der Waals surface area contributed by atoms with Crippen molar-refractivity contribution >= 4 is 11.8 Å². The maximum Gasteiger partial charge on any atom is 0.245 e. The van der Waals surface area contributed by atoms with E-state index < -0.39 is 0 Å². The normalized spacial score (nSPS) is 28.0. The Morgan fingerprint density at radius 3 is 2.62 bits per heavy atom.